The van der Waals surface area contributed by atoms with Crippen LogP contribution in [-0.2, 0) is 4.79 Å². The molecular weight excluding hydrogens is 326 g/mol. The van der Waals surface area contributed by atoms with Gasteiger partial charge in [0, 0.05) is 36.4 Å². The third-order valence-electron chi connectivity index (χ3n) is 3.22. The van der Waals surface area contributed by atoms with E-state index in [4.69, 9.17) is 11.6 Å². The molecule has 0 saturated heterocycles. The van der Waals surface area contributed by atoms with Crippen LogP contribution in [0.4, 0.5) is 5.69 Å². The van der Waals surface area contributed by atoms with Gasteiger partial charge in [0.25, 0.3) is 11.8 Å². The fourth-order valence-electron chi connectivity index (χ4n) is 1.90. The van der Waals surface area contributed by atoms with Crippen molar-refractivity contribution in [2.24, 2.45) is 0 Å². The Labute approximate surface area is 145 Å². The first kappa shape index (κ1) is 17.6. The molecule has 2 rings (SSSR count). The van der Waals surface area contributed by atoms with E-state index in [2.05, 4.69) is 10.9 Å². The summed E-state index contributed by atoms with van der Waals surface area (Å²) in [6.45, 7) is 0. The first-order valence-corrected chi connectivity index (χ1v) is 7.65. The Morgan fingerprint density at radius 3 is 2.42 bits per heavy atom. The topological polar surface area (TPSA) is 61.4 Å². The molecule has 0 aliphatic heterocycles. The van der Waals surface area contributed by atoms with Gasteiger partial charge < -0.3 is 4.90 Å². The molecule has 124 valence electrons. The molecule has 0 aromatic heterocycles. The Morgan fingerprint density at radius 2 is 1.75 bits per heavy atom. The van der Waals surface area contributed by atoms with E-state index < -0.39 is 5.91 Å². The van der Waals surface area contributed by atoms with Crippen LogP contribution in [-0.4, -0.2) is 25.9 Å². The second kappa shape index (κ2) is 8.17. The SMILES string of the molecule is CN(C)c1cccc(C(=O)NNC(=O)/C=C/c2ccc(Cl)cc2)c1. The van der Waals surface area contributed by atoms with Gasteiger partial charge in [-0.3, -0.25) is 20.4 Å². The van der Waals surface area contributed by atoms with Gasteiger partial charge in [-0.05, 0) is 42.0 Å². The number of benzene rings is 2. The van der Waals surface area contributed by atoms with E-state index in [1.54, 1.807) is 48.5 Å². The lowest BCUT2D eigenvalue weighted by Gasteiger charge is -2.13. The molecule has 2 aromatic carbocycles. The third kappa shape index (κ3) is 5.14. The molecule has 0 fully saturated rings. The zero-order chi connectivity index (χ0) is 17.5. The van der Waals surface area contributed by atoms with Crippen LogP contribution in [0.2, 0.25) is 5.02 Å². The van der Waals surface area contributed by atoms with Crippen LogP contribution in [0.5, 0.6) is 0 Å². The third-order valence-corrected chi connectivity index (χ3v) is 3.47. The maximum atomic E-state index is 12.1. The normalized spacial score (nSPS) is 10.5. The largest absolute Gasteiger partial charge is 0.378 e. The molecule has 5 nitrogen and oxygen atoms in total. The summed E-state index contributed by atoms with van der Waals surface area (Å²) in [5, 5.41) is 0.629. The number of hydrazine groups is 1. The molecule has 2 aromatic rings. The van der Waals surface area contributed by atoms with Crippen molar-refractivity contribution < 1.29 is 9.59 Å². The molecule has 2 amide bonds. The van der Waals surface area contributed by atoms with Crippen LogP contribution >= 0.6 is 11.6 Å². The lowest BCUT2D eigenvalue weighted by molar-refractivity contribution is -0.117. The summed E-state index contributed by atoms with van der Waals surface area (Å²) in [5.74, 6) is -0.811. The number of carbonyl (C=O) groups is 2. The van der Waals surface area contributed by atoms with E-state index in [1.165, 1.54) is 6.08 Å². The Hall–Kier alpha value is -2.79. The summed E-state index contributed by atoms with van der Waals surface area (Å²) >= 11 is 5.79. The number of halogens is 1. The summed E-state index contributed by atoms with van der Waals surface area (Å²) in [5.41, 5.74) is 6.92. The number of hydrogen-bond donors (Lipinski definition) is 2. The van der Waals surface area contributed by atoms with Crippen LogP contribution in [0.25, 0.3) is 6.08 Å². The highest BCUT2D eigenvalue weighted by atomic mass is 35.5. The van der Waals surface area contributed by atoms with Crippen LogP contribution in [0, 0.1) is 0 Å². The fraction of sp³-hybridized carbons (Fsp3) is 0.111. The summed E-state index contributed by atoms with van der Waals surface area (Å²) < 4.78 is 0. The van der Waals surface area contributed by atoms with Crippen molar-refractivity contribution in [3.05, 3.63) is 70.8 Å². The number of nitrogens with zero attached hydrogens (tertiary/aromatic N) is 1. The van der Waals surface area contributed by atoms with E-state index >= 15 is 0 Å². The molecule has 0 unspecified atom stereocenters. The molecule has 2 N–H and O–H groups in total. The van der Waals surface area contributed by atoms with Gasteiger partial charge in [0.05, 0.1) is 0 Å². The average Bonchev–Trinajstić information content (AvgIpc) is 2.59. The number of carbonyl (C=O) groups excluding carboxylic acids is 2. The standard InChI is InChI=1S/C18H18ClN3O2/c1-22(2)16-5-3-4-14(12-16)18(24)21-20-17(23)11-8-13-6-9-15(19)10-7-13/h3-12H,1-2H3,(H,20,23)(H,21,24)/b11-8+. The molecule has 0 spiro atoms. The number of nitrogens with one attached hydrogen (secondary N) is 2. The molecule has 0 aliphatic rings. The summed E-state index contributed by atoms with van der Waals surface area (Å²) in [6.07, 6.45) is 2.96. The highest BCUT2D eigenvalue weighted by molar-refractivity contribution is 6.30. The summed E-state index contributed by atoms with van der Waals surface area (Å²) in [4.78, 5) is 25.7. The Bertz CT molecular complexity index is 755. The highest BCUT2D eigenvalue weighted by Crippen LogP contribution is 2.13. The van der Waals surface area contributed by atoms with Gasteiger partial charge in [-0.25, -0.2) is 0 Å². The first-order valence-electron chi connectivity index (χ1n) is 7.27. The predicted molar refractivity (Wildman–Crippen MR) is 96.9 cm³/mol. The Balaban J connectivity index is 1.90. The minimum absolute atomic E-state index is 0.382. The predicted octanol–water partition coefficient (Wildman–Crippen LogP) is 2.88. The van der Waals surface area contributed by atoms with Crippen LogP contribution in [0.15, 0.2) is 54.6 Å². The molecule has 0 bridgehead atoms. The van der Waals surface area contributed by atoms with Crippen LogP contribution in [0.3, 0.4) is 0 Å². The number of rotatable bonds is 4. The van der Waals surface area contributed by atoms with Gasteiger partial charge in [-0.2, -0.15) is 0 Å². The monoisotopic (exact) mass is 343 g/mol. The van der Waals surface area contributed by atoms with Gasteiger partial charge in [0.2, 0.25) is 0 Å². The molecular formula is C18H18ClN3O2. The van der Waals surface area contributed by atoms with Crippen molar-refractivity contribution in [1.82, 2.24) is 10.9 Å². The molecule has 24 heavy (non-hydrogen) atoms. The van der Waals surface area contributed by atoms with Gasteiger partial charge in [0.15, 0.2) is 0 Å². The molecule has 0 saturated carbocycles. The fourth-order valence-corrected chi connectivity index (χ4v) is 2.03. The minimum atomic E-state index is -0.429. The molecule has 0 radical (unpaired) electrons. The minimum Gasteiger partial charge on any atom is -0.378 e. The van der Waals surface area contributed by atoms with Gasteiger partial charge in [-0.1, -0.05) is 29.8 Å². The van der Waals surface area contributed by atoms with Crippen molar-refractivity contribution in [2.45, 2.75) is 0 Å². The quantitative estimate of drug-likeness (QED) is 0.663. The van der Waals surface area contributed by atoms with Crippen molar-refractivity contribution in [2.75, 3.05) is 19.0 Å². The number of anilines is 1. The van der Waals surface area contributed by atoms with Crippen LogP contribution in [0.1, 0.15) is 15.9 Å². The Kier molecular flexibility index (Phi) is 5.98. The maximum absolute atomic E-state index is 12.1. The van der Waals surface area contributed by atoms with E-state index in [0.717, 1.165) is 11.3 Å². The van der Waals surface area contributed by atoms with Gasteiger partial charge >= 0.3 is 0 Å². The van der Waals surface area contributed by atoms with Gasteiger partial charge in [0.1, 0.15) is 0 Å². The second-order valence-electron chi connectivity index (χ2n) is 5.27. The summed E-state index contributed by atoms with van der Waals surface area (Å²) in [6, 6.07) is 14.1. The van der Waals surface area contributed by atoms with Crippen molar-refractivity contribution >= 4 is 35.2 Å². The molecule has 6 heteroatoms. The lowest BCUT2D eigenvalue weighted by atomic mass is 10.2. The zero-order valence-electron chi connectivity index (χ0n) is 13.4. The van der Waals surface area contributed by atoms with Crippen LogP contribution < -0.4 is 15.8 Å². The summed E-state index contributed by atoms with van der Waals surface area (Å²) in [7, 11) is 3.78. The molecule has 0 heterocycles. The average molecular weight is 344 g/mol. The van der Waals surface area contributed by atoms with E-state index in [9.17, 15) is 9.59 Å². The van der Waals surface area contributed by atoms with Crippen molar-refractivity contribution in [3.63, 3.8) is 0 Å². The van der Waals surface area contributed by atoms with E-state index in [-0.39, 0.29) is 5.91 Å². The van der Waals surface area contributed by atoms with Gasteiger partial charge in [-0.15, -0.1) is 0 Å². The number of amides is 2. The number of hydrogen-bond acceptors (Lipinski definition) is 3. The van der Waals surface area contributed by atoms with Crippen molar-refractivity contribution in [3.8, 4) is 0 Å². The lowest BCUT2D eigenvalue weighted by Crippen LogP contribution is -2.40. The first-order chi connectivity index (χ1) is 11.5. The smallest absolute Gasteiger partial charge is 0.269 e. The zero-order valence-corrected chi connectivity index (χ0v) is 14.2. The van der Waals surface area contributed by atoms with E-state index in [0.29, 0.717) is 10.6 Å². The highest BCUT2D eigenvalue weighted by Gasteiger charge is 2.07. The molecule has 0 aliphatic carbocycles. The second-order valence-corrected chi connectivity index (χ2v) is 5.71. The molecule has 0 atom stereocenters. The van der Waals surface area contributed by atoms with E-state index in [1.807, 2.05) is 25.1 Å². The Morgan fingerprint density at radius 1 is 1.04 bits per heavy atom. The van der Waals surface area contributed by atoms with Crippen molar-refractivity contribution in [1.29, 1.82) is 0 Å². The maximum Gasteiger partial charge on any atom is 0.269 e.